The Kier molecular flexibility index (Phi) is 8.98. The van der Waals surface area contributed by atoms with E-state index in [0.29, 0.717) is 13.2 Å². The molecule has 0 radical (unpaired) electrons. The van der Waals surface area contributed by atoms with Crippen LogP contribution in [-0.4, -0.2) is 71.8 Å². The van der Waals surface area contributed by atoms with Gasteiger partial charge in [-0.05, 0) is 12.1 Å². The zero-order chi connectivity index (χ0) is 18.0. The molecule has 0 spiro atoms. The molecule has 0 aliphatic rings. The molecule has 0 fully saturated rings. The van der Waals surface area contributed by atoms with Crippen molar-refractivity contribution < 1.29 is 47.7 Å². The fourth-order valence-corrected chi connectivity index (χ4v) is 2.25. The van der Waals surface area contributed by atoms with Crippen LogP contribution in [0, 0.1) is 0 Å². The molecule has 0 unspecified atom stereocenters. The summed E-state index contributed by atoms with van der Waals surface area (Å²) in [6.07, 6.45) is 0. The molecule has 5 N–H and O–H groups in total. The topological polar surface area (TPSA) is 179 Å². The smallest absolute Gasteiger partial charge is 0.337 e. The van der Waals surface area contributed by atoms with Crippen LogP contribution in [0.25, 0.3) is 0 Å². The van der Waals surface area contributed by atoms with Crippen LogP contribution >= 0.6 is 0 Å². The Hall–Kier alpha value is -2.05. The lowest BCUT2D eigenvalue weighted by atomic mass is 10.1. The molecular weight excluding hydrogens is 336 g/mol. The number of rotatable bonds is 7. The number of hydrogen-bond donors (Lipinski definition) is 5. The molecule has 1 aromatic carbocycles. The zero-order valence-corrected chi connectivity index (χ0v) is 12.6. The molecule has 0 atom stereocenters. The number of ether oxygens (including phenoxy) is 1. The predicted octanol–water partition coefficient (Wildman–Crippen LogP) is -0.683. The number of benzene rings is 1. The van der Waals surface area contributed by atoms with E-state index in [9.17, 15) is 18.0 Å². The largest absolute Gasteiger partial charge is 0.478 e. The first-order valence-electron chi connectivity index (χ1n) is 6.03. The van der Waals surface area contributed by atoms with E-state index >= 15 is 0 Å². The lowest BCUT2D eigenvalue weighted by molar-refractivity contribution is 0.0650. The van der Waals surface area contributed by atoms with Crippen LogP contribution < -0.4 is 0 Å². The summed E-state index contributed by atoms with van der Waals surface area (Å²) in [6, 6.07) is 2.84. The van der Waals surface area contributed by atoms with Gasteiger partial charge in [0.1, 0.15) is 4.90 Å². The van der Waals surface area contributed by atoms with Gasteiger partial charge in [-0.3, -0.25) is 4.55 Å². The highest BCUT2D eigenvalue weighted by atomic mass is 32.2. The van der Waals surface area contributed by atoms with E-state index in [0.717, 1.165) is 18.2 Å². The molecule has 0 heterocycles. The van der Waals surface area contributed by atoms with Gasteiger partial charge in [0, 0.05) is 0 Å². The Morgan fingerprint density at radius 2 is 1.35 bits per heavy atom. The lowest BCUT2D eigenvalue weighted by Gasteiger charge is -2.05. The zero-order valence-electron chi connectivity index (χ0n) is 11.7. The van der Waals surface area contributed by atoms with Crippen molar-refractivity contribution in [2.75, 3.05) is 26.4 Å². The molecular formula is C12H16O10S. The summed E-state index contributed by atoms with van der Waals surface area (Å²) in [5, 5.41) is 33.5. The third-order valence-corrected chi connectivity index (χ3v) is 3.16. The summed E-state index contributed by atoms with van der Waals surface area (Å²) in [7, 11) is -4.92. The maximum Gasteiger partial charge on any atom is 0.337 e. The highest BCUT2D eigenvalue weighted by Crippen LogP contribution is 2.20. The number of carbonyl (C=O) groups is 2. The van der Waals surface area contributed by atoms with Crippen LogP contribution in [0.2, 0.25) is 0 Å². The number of aliphatic hydroxyl groups is 2. The van der Waals surface area contributed by atoms with Crippen LogP contribution in [-0.2, 0) is 14.9 Å². The second-order valence-corrected chi connectivity index (χ2v) is 5.19. The molecule has 0 aromatic heterocycles. The van der Waals surface area contributed by atoms with E-state index in [1.807, 2.05) is 0 Å². The van der Waals surface area contributed by atoms with Crippen LogP contribution in [0.1, 0.15) is 20.7 Å². The fourth-order valence-electron chi connectivity index (χ4n) is 1.38. The van der Waals surface area contributed by atoms with Gasteiger partial charge >= 0.3 is 11.9 Å². The lowest BCUT2D eigenvalue weighted by Crippen LogP contribution is -2.14. The Bertz CT molecular complexity index is 601. The summed E-state index contributed by atoms with van der Waals surface area (Å²) in [4.78, 5) is 20.2. The van der Waals surface area contributed by atoms with Crippen LogP contribution in [0.15, 0.2) is 23.1 Å². The minimum Gasteiger partial charge on any atom is -0.478 e. The summed E-state index contributed by atoms with van der Waals surface area (Å²) < 4.78 is 35.3. The van der Waals surface area contributed by atoms with Crippen molar-refractivity contribution in [2.45, 2.75) is 4.90 Å². The van der Waals surface area contributed by atoms with Crippen molar-refractivity contribution in [3.05, 3.63) is 29.3 Å². The molecule has 0 saturated heterocycles. The quantitative estimate of drug-likeness (QED) is 0.311. The van der Waals surface area contributed by atoms with Gasteiger partial charge < -0.3 is 25.2 Å². The molecule has 1 rings (SSSR count). The summed E-state index contributed by atoms with van der Waals surface area (Å²) in [5.41, 5.74) is -1.58. The van der Waals surface area contributed by atoms with Crippen molar-refractivity contribution in [3.8, 4) is 0 Å². The van der Waals surface area contributed by atoms with Crippen molar-refractivity contribution >= 4 is 22.1 Å². The summed E-state index contributed by atoms with van der Waals surface area (Å²) in [6.45, 7) is 0.696. The number of hydrogen-bond acceptors (Lipinski definition) is 7. The first kappa shape index (κ1) is 20.9. The molecule has 130 valence electrons. The standard InChI is InChI=1S/C8H6O7S.C4H10O3/c9-7(10)4-2-1-3-5(8(11)12)6(4)16(13,14)15;5-1-3-7-4-2-6/h1-3H,(H,9,10)(H,11,12)(H,13,14,15);5-6H,1-4H2. The van der Waals surface area contributed by atoms with Crippen molar-refractivity contribution in [2.24, 2.45) is 0 Å². The van der Waals surface area contributed by atoms with Gasteiger partial charge in [-0.2, -0.15) is 8.42 Å². The minimum absolute atomic E-state index is 0.0278. The van der Waals surface area contributed by atoms with E-state index in [2.05, 4.69) is 4.74 Å². The highest BCUT2D eigenvalue weighted by Gasteiger charge is 2.26. The molecule has 0 aliphatic heterocycles. The van der Waals surface area contributed by atoms with Crippen LogP contribution in [0.3, 0.4) is 0 Å². The van der Waals surface area contributed by atoms with E-state index in [-0.39, 0.29) is 13.2 Å². The monoisotopic (exact) mass is 352 g/mol. The highest BCUT2D eigenvalue weighted by molar-refractivity contribution is 7.86. The number of aliphatic hydroxyl groups excluding tert-OH is 2. The molecule has 0 bridgehead atoms. The molecule has 11 heteroatoms. The summed E-state index contributed by atoms with van der Waals surface area (Å²) >= 11 is 0. The number of carboxylic acid groups (broad SMARTS) is 2. The van der Waals surface area contributed by atoms with Gasteiger partial charge in [0.2, 0.25) is 0 Å². The van der Waals surface area contributed by atoms with Gasteiger partial charge in [-0.1, -0.05) is 6.07 Å². The third-order valence-electron chi connectivity index (χ3n) is 2.21. The Balaban J connectivity index is 0.000000585. The molecule has 10 nitrogen and oxygen atoms in total. The first-order chi connectivity index (χ1) is 10.7. The van der Waals surface area contributed by atoms with Crippen molar-refractivity contribution in [3.63, 3.8) is 0 Å². The fraction of sp³-hybridized carbons (Fsp3) is 0.333. The van der Waals surface area contributed by atoms with Crippen molar-refractivity contribution in [1.82, 2.24) is 0 Å². The minimum atomic E-state index is -4.92. The summed E-state index contributed by atoms with van der Waals surface area (Å²) in [5.74, 6) is -3.29. The van der Waals surface area contributed by atoms with E-state index < -0.39 is 38.1 Å². The Morgan fingerprint density at radius 3 is 1.61 bits per heavy atom. The second kappa shape index (κ2) is 9.86. The van der Waals surface area contributed by atoms with Gasteiger partial charge in [0.25, 0.3) is 10.1 Å². The van der Waals surface area contributed by atoms with E-state index in [4.69, 9.17) is 25.0 Å². The average molecular weight is 352 g/mol. The Labute approximate surface area is 131 Å². The first-order valence-corrected chi connectivity index (χ1v) is 7.47. The van der Waals surface area contributed by atoms with E-state index in [1.54, 1.807) is 0 Å². The number of carboxylic acids is 2. The molecule has 23 heavy (non-hydrogen) atoms. The molecule has 0 saturated carbocycles. The van der Waals surface area contributed by atoms with Crippen LogP contribution in [0.5, 0.6) is 0 Å². The average Bonchev–Trinajstić information content (AvgIpc) is 2.46. The number of aromatic carboxylic acids is 2. The normalized spacial score (nSPS) is 10.6. The van der Waals surface area contributed by atoms with E-state index in [1.165, 1.54) is 0 Å². The van der Waals surface area contributed by atoms with Crippen molar-refractivity contribution in [1.29, 1.82) is 0 Å². The van der Waals surface area contributed by atoms with Gasteiger partial charge in [0.05, 0.1) is 37.6 Å². The third kappa shape index (κ3) is 7.17. The van der Waals surface area contributed by atoms with Gasteiger partial charge in [-0.25, -0.2) is 9.59 Å². The molecule has 0 amide bonds. The maximum atomic E-state index is 10.9. The van der Waals surface area contributed by atoms with Gasteiger partial charge in [-0.15, -0.1) is 0 Å². The predicted molar refractivity (Wildman–Crippen MR) is 75.2 cm³/mol. The maximum absolute atomic E-state index is 10.9. The Morgan fingerprint density at radius 1 is 0.957 bits per heavy atom. The van der Waals surface area contributed by atoms with Gasteiger partial charge in [0.15, 0.2) is 0 Å². The molecule has 0 aliphatic carbocycles. The van der Waals surface area contributed by atoms with Crippen LogP contribution in [0.4, 0.5) is 0 Å². The molecule has 1 aromatic rings. The second-order valence-electron chi connectivity index (χ2n) is 3.83. The SMILES string of the molecule is O=C(O)c1cccc(C(=O)O)c1S(=O)(=O)O.OCCOCCO.